The third-order valence-electron chi connectivity index (χ3n) is 4.26. The SMILES string of the molecule is COc1ccc(S(=O)(=O)Nc2cc(Cl)ccc2C)cc1NC(=O)c1cccc(Cl)c1. The highest BCUT2D eigenvalue weighted by molar-refractivity contribution is 7.92. The Kier molecular flexibility index (Phi) is 6.55. The third-order valence-corrected chi connectivity index (χ3v) is 6.09. The Morgan fingerprint density at radius 3 is 2.37 bits per heavy atom. The van der Waals surface area contributed by atoms with Gasteiger partial charge in [-0.15, -0.1) is 0 Å². The highest BCUT2D eigenvalue weighted by Gasteiger charge is 2.19. The van der Waals surface area contributed by atoms with Gasteiger partial charge in [0.05, 0.1) is 23.4 Å². The molecular weight excluding hydrogens is 447 g/mol. The fourth-order valence-corrected chi connectivity index (χ4v) is 4.19. The standard InChI is InChI=1S/C21H18Cl2N2O4S/c1-13-6-7-16(23)11-18(13)25-30(27,28)17-8-9-20(29-2)19(12-17)24-21(26)14-4-3-5-15(22)10-14/h3-12,25H,1-2H3,(H,24,26). The van der Waals surface area contributed by atoms with Crippen molar-refractivity contribution < 1.29 is 17.9 Å². The molecule has 0 radical (unpaired) electrons. The van der Waals surface area contributed by atoms with Gasteiger partial charge in [0.1, 0.15) is 5.75 Å². The van der Waals surface area contributed by atoms with Crippen molar-refractivity contribution >= 4 is 50.5 Å². The molecule has 0 aromatic heterocycles. The number of carbonyl (C=O) groups excluding carboxylic acids is 1. The number of halogens is 2. The van der Waals surface area contributed by atoms with E-state index in [1.165, 1.54) is 37.4 Å². The van der Waals surface area contributed by atoms with Crippen molar-refractivity contribution in [3.8, 4) is 5.75 Å². The van der Waals surface area contributed by atoms with Crippen LogP contribution in [0.4, 0.5) is 11.4 Å². The number of aryl methyl sites for hydroxylation is 1. The van der Waals surface area contributed by atoms with Gasteiger partial charge in [0.25, 0.3) is 15.9 Å². The molecule has 1 amide bonds. The van der Waals surface area contributed by atoms with Crippen LogP contribution in [0.3, 0.4) is 0 Å². The molecule has 0 heterocycles. The quantitative estimate of drug-likeness (QED) is 0.513. The molecular formula is C21H18Cl2N2O4S. The van der Waals surface area contributed by atoms with Crippen LogP contribution < -0.4 is 14.8 Å². The number of sulfonamides is 1. The first-order valence-corrected chi connectivity index (χ1v) is 11.0. The van der Waals surface area contributed by atoms with Gasteiger partial charge in [0, 0.05) is 15.6 Å². The first-order valence-electron chi connectivity index (χ1n) is 8.73. The Morgan fingerprint density at radius 1 is 0.933 bits per heavy atom. The van der Waals surface area contributed by atoms with Gasteiger partial charge in [-0.25, -0.2) is 8.42 Å². The fraction of sp³-hybridized carbons (Fsp3) is 0.0952. The van der Waals surface area contributed by atoms with Crippen molar-refractivity contribution in [3.63, 3.8) is 0 Å². The van der Waals surface area contributed by atoms with Gasteiger partial charge in [0.15, 0.2) is 0 Å². The summed E-state index contributed by atoms with van der Waals surface area (Å²) < 4.78 is 33.6. The molecule has 2 N–H and O–H groups in total. The van der Waals surface area contributed by atoms with Crippen LogP contribution in [0, 0.1) is 6.92 Å². The van der Waals surface area contributed by atoms with Crippen molar-refractivity contribution in [3.05, 3.63) is 81.8 Å². The Morgan fingerprint density at radius 2 is 1.67 bits per heavy atom. The average molecular weight is 465 g/mol. The molecule has 0 atom stereocenters. The molecule has 0 saturated carbocycles. The highest BCUT2D eigenvalue weighted by atomic mass is 35.5. The van der Waals surface area contributed by atoms with Gasteiger partial charge >= 0.3 is 0 Å². The van der Waals surface area contributed by atoms with E-state index < -0.39 is 15.9 Å². The van der Waals surface area contributed by atoms with Gasteiger partial charge in [-0.2, -0.15) is 0 Å². The second-order valence-corrected chi connectivity index (χ2v) is 8.95. The monoisotopic (exact) mass is 464 g/mol. The maximum absolute atomic E-state index is 12.9. The fourth-order valence-electron chi connectivity index (χ4n) is 2.68. The molecule has 9 heteroatoms. The summed E-state index contributed by atoms with van der Waals surface area (Å²) in [5.74, 6) is -0.146. The zero-order valence-corrected chi connectivity index (χ0v) is 18.4. The lowest BCUT2D eigenvalue weighted by atomic mass is 10.2. The summed E-state index contributed by atoms with van der Waals surface area (Å²) in [6.45, 7) is 1.76. The predicted octanol–water partition coefficient (Wildman–Crippen LogP) is 5.36. The molecule has 3 aromatic carbocycles. The second-order valence-electron chi connectivity index (χ2n) is 6.39. The molecule has 0 bridgehead atoms. The summed E-state index contributed by atoms with van der Waals surface area (Å²) in [6, 6.07) is 15.5. The number of hydrogen-bond acceptors (Lipinski definition) is 4. The van der Waals surface area contributed by atoms with Crippen molar-refractivity contribution in [1.82, 2.24) is 0 Å². The molecule has 3 aromatic rings. The Balaban J connectivity index is 1.93. The third kappa shape index (κ3) is 5.05. The lowest BCUT2D eigenvalue weighted by molar-refractivity contribution is 0.102. The van der Waals surface area contributed by atoms with Crippen molar-refractivity contribution in [1.29, 1.82) is 0 Å². The smallest absolute Gasteiger partial charge is 0.261 e. The predicted molar refractivity (Wildman–Crippen MR) is 119 cm³/mol. The number of benzene rings is 3. The second kappa shape index (κ2) is 8.95. The van der Waals surface area contributed by atoms with Crippen LogP contribution in [-0.2, 0) is 10.0 Å². The summed E-state index contributed by atoms with van der Waals surface area (Å²) in [5.41, 5.74) is 1.60. The molecule has 0 fully saturated rings. The Labute approximate surface area is 184 Å². The lowest BCUT2D eigenvalue weighted by Crippen LogP contribution is -2.16. The van der Waals surface area contributed by atoms with E-state index in [4.69, 9.17) is 27.9 Å². The molecule has 0 aliphatic rings. The minimum absolute atomic E-state index is 0.0518. The molecule has 0 unspecified atom stereocenters. The van der Waals surface area contributed by atoms with E-state index in [-0.39, 0.29) is 10.6 Å². The topological polar surface area (TPSA) is 84.5 Å². The molecule has 30 heavy (non-hydrogen) atoms. The van der Waals surface area contributed by atoms with Crippen LogP contribution in [0.1, 0.15) is 15.9 Å². The summed E-state index contributed by atoms with van der Waals surface area (Å²) in [4.78, 5) is 12.5. The number of ether oxygens (including phenoxy) is 1. The molecule has 0 aliphatic heterocycles. The minimum Gasteiger partial charge on any atom is -0.495 e. The number of carbonyl (C=O) groups is 1. The van der Waals surface area contributed by atoms with E-state index in [2.05, 4.69) is 10.0 Å². The first kappa shape index (κ1) is 22.0. The number of anilines is 2. The van der Waals surface area contributed by atoms with Crippen LogP contribution in [0.15, 0.2) is 65.6 Å². The number of amides is 1. The maximum atomic E-state index is 12.9. The van der Waals surface area contributed by atoms with Crippen molar-refractivity contribution in [2.75, 3.05) is 17.1 Å². The van der Waals surface area contributed by atoms with E-state index >= 15 is 0 Å². The number of rotatable bonds is 6. The van der Waals surface area contributed by atoms with Gasteiger partial charge in [-0.3, -0.25) is 9.52 Å². The Bertz CT molecular complexity index is 1210. The molecule has 6 nitrogen and oxygen atoms in total. The van der Waals surface area contributed by atoms with Crippen LogP contribution >= 0.6 is 23.2 Å². The molecule has 0 aliphatic carbocycles. The Hall–Kier alpha value is -2.74. The normalized spacial score (nSPS) is 11.1. The summed E-state index contributed by atoms with van der Waals surface area (Å²) in [7, 11) is -2.52. The van der Waals surface area contributed by atoms with E-state index in [0.717, 1.165) is 0 Å². The number of methoxy groups -OCH3 is 1. The highest BCUT2D eigenvalue weighted by Crippen LogP contribution is 2.30. The van der Waals surface area contributed by atoms with E-state index in [9.17, 15) is 13.2 Å². The lowest BCUT2D eigenvalue weighted by Gasteiger charge is -2.14. The summed E-state index contributed by atoms with van der Waals surface area (Å²) in [5, 5.41) is 3.48. The molecule has 3 rings (SSSR count). The largest absolute Gasteiger partial charge is 0.495 e. The van der Waals surface area contributed by atoms with E-state index in [1.54, 1.807) is 37.3 Å². The van der Waals surface area contributed by atoms with Gasteiger partial charge in [-0.05, 0) is 61.0 Å². The van der Waals surface area contributed by atoms with E-state index in [0.29, 0.717) is 32.6 Å². The van der Waals surface area contributed by atoms with Crippen molar-refractivity contribution in [2.45, 2.75) is 11.8 Å². The van der Waals surface area contributed by atoms with Crippen LogP contribution in [0.2, 0.25) is 10.0 Å². The first-order chi connectivity index (χ1) is 14.2. The molecule has 156 valence electrons. The van der Waals surface area contributed by atoms with Crippen LogP contribution in [0.5, 0.6) is 5.75 Å². The summed E-state index contributed by atoms with van der Waals surface area (Å²) in [6.07, 6.45) is 0. The minimum atomic E-state index is -3.94. The van der Waals surface area contributed by atoms with Crippen molar-refractivity contribution in [2.24, 2.45) is 0 Å². The zero-order chi connectivity index (χ0) is 21.9. The molecule has 0 spiro atoms. The van der Waals surface area contributed by atoms with E-state index in [1.807, 2.05) is 0 Å². The van der Waals surface area contributed by atoms with Crippen LogP contribution in [0.25, 0.3) is 0 Å². The molecule has 0 saturated heterocycles. The van der Waals surface area contributed by atoms with Gasteiger partial charge < -0.3 is 10.1 Å². The summed E-state index contributed by atoms with van der Waals surface area (Å²) >= 11 is 11.9. The maximum Gasteiger partial charge on any atom is 0.261 e. The average Bonchev–Trinajstić information content (AvgIpc) is 2.70. The van der Waals surface area contributed by atoms with Gasteiger partial charge in [-0.1, -0.05) is 35.3 Å². The number of hydrogen-bond donors (Lipinski definition) is 2. The van der Waals surface area contributed by atoms with Crippen LogP contribution in [-0.4, -0.2) is 21.4 Å². The van der Waals surface area contributed by atoms with Gasteiger partial charge in [0.2, 0.25) is 0 Å². The zero-order valence-electron chi connectivity index (χ0n) is 16.1. The number of nitrogens with one attached hydrogen (secondary N) is 2.